The van der Waals surface area contributed by atoms with Crippen LogP contribution in [0.4, 0.5) is 10.1 Å². The van der Waals surface area contributed by atoms with E-state index < -0.39 is 11.7 Å². The third kappa shape index (κ3) is 3.99. The number of hydrogen-bond donors (Lipinski definition) is 1. The van der Waals surface area contributed by atoms with Crippen LogP contribution < -0.4 is 10.9 Å². The minimum atomic E-state index is -0.587. The molecule has 0 atom stereocenters. The maximum Gasteiger partial charge on any atom is 0.261 e. The van der Waals surface area contributed by atoms with Gasteiger partial charge in [0.15, 0.2) is 5.82 Å². The van der Waals surface area contributed by atoms with E-state index in [-0.39, 0.29) is 16.8 Å². The van der Waals surface area contributed by atoms with Crippen LogP contribution in [0.1, 0.15) is 47.7 Å². The number of carbonyl (C=O) groups excluding carboxylic acids is 1. The number of aryl methyl sites for hydroxylation is 2. The van der Waals surface area contributed by atoms with Gasteiger partial charge in [0.1, 0.15) is 11.6 Å². The number of nitrogens with zero attached hydrogens (tertiary/aromatic N) is 6. The molecule has 1 aliphatic rings. The van der Waals surface area contributed by atoms with Crippen LogP contribution >= 0.6 is 0 Å². The zero-order chi connectivity index (χ0) is 22.9. The Morgan fingerprint density at radius 1 is 1.09 bits per heavy atom. The van der Waals surface area contributed by atoms with E-state index in [0.717, 1.165) is 37.9 Å². The van der Waals surface area contributed by atoms with Crippen LogP contribution in [0.5, 0.6) is 0 Å². The molecule has 33 heavy (non-hydrogen) atoms. The lowest BCUT2D eigenvalue weighted by Crippen LogP contribution is -2.26. The van der Waals surface area contributed by atoms with Crippen LogP contribution in [0.2, 0.25) is 0 Å². The summed E-state index contributed by atoms with van der Waals surface area (Å²) in [5.41, 5.74) is 1.19. The molecule has 1 aliphatic heterocycles. The third-order valence-corrected chi connectivity index (χ3v) is 5.90. The number of anilines is 1. The molecule has 0 radical (unpaired) electrons. The van der Waals surface area contributed by atoms with E-state index in [9.17, 15) is 14.0 Å². The van der Waals surface area contributed by atoms with E-state index in [0.29, 0.717) is 29.0 Å². The summed E-state index contributed by atoms with van der Waals surface area (Å²) < 4.78 is 17.6. The van der Waals surface area contributed by atoms with Crippen molar-refractivity contribution in [3.8, 4) is 5.69 Å². The highest BCUT2D eigenvalue weighted by atomic mass is 19.1. The number of amides is 1. The Labute approximate surface area is 188 Å². The molecule has 0 saturated carbocycles. The molecule has 2 aromatic heterocycles. The second kappa shape index (κ2) is 8.53. The summed E-state index contributed by atoms with van der Waals surface area (Å²) in [6, 6.07) is 8.99. The molecule has 1 amide bonds. The molecule has 5 rings (SSSR count). The largest absolute Gasteiger partial charge is 0.319 e. The Balaban J connectivity index is 1.47. The number of fused-ring (bicyclic) bond motifs is 2. The molecule has 0 fully saturated rings. The number of nitrogens with one attached hydrogen (secondary N) is 1. The van der Waals surface area contributed by atoms with E-state index in [1.807, 2.05) is 0 Å². The van der Waals surface area contributed by atoms with Crippen molar-refractivity contribution >= 4 is 22.5 Å². The zero-order valence-electron chi connectivity index (χ0n) is 18.1. The molecule has 9 nitrogen and oxygen atoms in total. The second-order valence-electron chi connectivity index (χ2n) is 8.14. The Hall–Kier alpha value is -3.95. The van der Waals surface area contributed by atoms with Gasteiger partial charge in [0.2, 0.25) is 0 Å². The molecule has 0 unspecified atom stereocenters. The highest BCUT2D eigenvalue weighted by molar-refractivity contribution is 6.06. The maximum absolute atomic E-state index is 14.4. The highest BCUT2D eigenvalue weighted by Crippen LogP contribution is 2.21. The summed E-state index contributed by atoms with van der Waals surface area (Å²) in [5, 5.41) is 14.3. The van der Waals surface area contributed by atoms with Gasteiger partial charge >= 0.3 is 0 Å². The predicted octanol–water partition coefficient (Wildman–Crippen LogP) is 3.19. The van der Waals surface area contributed by atoms with Gasteiger partial charge in [-0.1, -0.05) is 12.8 Å². The number of aromatic nitrogens is 6. The minimum absolute atomic E-state index is 0.00120. The lowest BCUT2D eigenvalue weighted by Gasteiger charge is -2.16. The number of rotatable bonds is 3. The van der Waals surface area contributed by atoms with Crippen molar-refractivity contribution in [3.05, 3.63) is 69.8 Å². The fourth-order valence-corrected chi connectivity index (χ4v) is 4.14. The third-order valence-electron chi connectivity index (χ3n) is 5.90. The Bertz CT molecular complexity index is 1430. The van der Waals surface area contributed by atoms with Crippen LogP contribution in [0.25, 0.3) is 16.6 Å². The van der Waals surface area contributed by atoms with E-state index in [2.05, 4.69) is 25.8 Å². The molecule has 2 aromatic carbocycles. The SMILES string of the molecule is Cc1nnnn1-c1ccc(F)c(NC(=O)c2ccc3c(=O)n4c(nc3c2)CCCCCC4)c1. The predicted molar refractivity (Wildman–Crippen MR) is 120 cm³/mol. The van der Waals surface area contributed by atoms with Crippen LogP contribution in [0.3, 0.4) is 0 Å². The van der Waals surface area contributed by atoms with Crippen LogP contribution in [0.15, 0.2) is 41.2 Å². The van der Waals surface area contributed by atoms with Gasteiger partial charge < -0.3 is 5.32 Å². The summed E-state index contributed by atoms with van der Waals surface area (Å²) in [6.45, 7) is 2.38. The molecule has 4 aromatic rings. The first-order chi connectivity index (χ1) is 16.0. The molecule has 168 valence electrons. The first-order valence-electron chi connectivity index (χ1n) is 10.9. The van der Waals surface area contributed by atoms with Crippen molar-refractivity contribution < 1.29 is 9.18 Å². The Morgan fingerprint density at radius 3 is 2.76 bits per heavy atom. The maximum atomic E-state index is 14.4. The lowest BCUT2D eigenvalue weighted by molar-refractivity contribution is 0.102. The van der Waals surface area contributed by atoms with Gasteiger partial charge in [-0.05, 0) is 66.6 Å². The monoisotopic (exact) mass is 447 g/mol. The van der Waals surface area contributed by atoms with Gasteiger partial charge in [-0.3, -0.25) is 14.2 Å². The smallest absolute Gasteiger partial charge is 0.261 e. The summed E-state index contributed by atoms with van der Waals surface area (Å²) in [4.78, 5) is 30.6. The first kappa shape index (κ1) is 20.9. The highest BCUT2D eigenvalue weighted by Gasteiger charge is 2.16. The molecule has 0 bridgehead atoms. The second-order valence-corrected chi connectivity index (χ2v) is 8.14. The van der Waals surface area contributed by atoms with E-state index >= 15 is 0 Å². The molecule has 0 aliphatic carbocycles. The molecular formula is C23H22FN7O2. The van der Waals surface area contributed by atoms with Gasteiger partial charge in [0.25, 0.3) is 11.5 Å². The van der Waals surface area contributed by atoms with Gasteiger partial charge in [-0.2, -0.15) is 4.68 Å². The van der Waals surface area contributed by atoms with Crippen molar-refractivity contribution in [3.63, 3.8) is 0 Å². The van der Waals surface area contributed by atoms with Crippen molar-refractivity contribution in [1.82, 2.24) is 29.8 Å². The van der Waals surface area contributed by atoms with Crippen molar-refractivity contribution in [2.45, 2.75) is 45.6 Å². The number of carbonyl (C=O) groups is 1. The summed E-state index contributed by atoms with van der Waals surface area (Å²) in [5.74, 6) is 0.187. The fraction of sp³-hybridized carbons (Fsp3) is 0.304. The standard InChI is InChI=1S/C23H22FN7O2/c1-14-27-28-29-31(14)16-8-10-18(24)20(13-16)26-22(32)15-7-9-17-19(12-15)25-21-6-4-2-3-5-11-30(21)23(17)33/h7-10,12-13H,2-6,11H2,1H3,(H,26,32). The zero-order valence-corrected chi connectivity index (χ0v) is 18.1. The molecule has 3 heterocycles. The fourth-order valence-electron chi connectivity index (χ4n) is 4.14. The average molecular weight is 447 g/mol. The van der Waals surface area contributed by atoms with Crippen molar-refractivity contribution in [2.24, 2.45) is 0 Å². The number of benzene rings is 2. The quantitative estimate of drug-likeness (QED) is 0.517. The number of halogens is 1. The molecule has 1 N–H and O–H groups in total. The Morgan fingerprint density at radius 2 is 1.94 bits per heavy atom. The van der Waals surface area contributed by atoms with Crippen LogP contribution in [-0.4, -0.2) is 35.7 Å². The van der Waals surface area contributed by atoms with Crippen molar-refractivity contribution in [2.75, 3.05) is 5.32 Å². The molecular weight excluding hydrogens is 425 g/mol. The van der Waals surface area contributed by atoms with Gasteiger partial charge in [-0.25, -0.2) is 9.37 Å². The summed E-state index contributed by atoms with van der Waals surface area (Å²) >= 11 is 0. The van der Waals surface area contributed by atoms with Gasteiger partial charge in [-0.15, -0.1) is 5.10 Å². The van der Waals surface area contributed by atoms with Gasteiger partial charge in [0, 0.05) is 18.5 Å². The molecule has 0 saturated heterocycles. The lowest BCUT2D eigenvalue weighted by atomic mass is 10.1. The number of hydrogen-bond acceptors (Lipinski definition) is 6. The Kier molecular flexibility index (Phi) is 5.41. The topological polar surface area (TPSA) is 108 Å². The van der Waals surface area contributed by atoms with Gasteiger partial charge in [0.05, 0.1) is 22.3 Å². The van der Waals surface area contributed by atoms with E-state index in [1.165, 1.54) is 22.9 Å². The van der Waals surface area contributed by atoms with Crippen LogP contribution in [0, 0.1) is 12.7 Å². The molecule has 10 heteroatoms. The molecule has 0 spiro atoms. The van der Waals surface area contributed by atoms with E-state index in [4.69, 9.17) is 0 Å². The average Bonchev–Trinajstić information content (AvgIpc) is 3.22. The normalized spacial score (nSPS) is 13.9. The first-order valence-corrected chi connectivity index (χ1v) is 10.9. The number of tetrazole rings is 1. The minimum Gasteiger partial charge on any atom is -0.319 e. The van der Waals surface area contributed by atoms with E-state index in [1.54, 1.807) is 29.7 Å². The van der Waals surface area contributed by atoms with Crippen molar-refractivity contribution in [1.29, 1.82) is 0 Å². The summed E-state index contributed by atoms with van der Waals surface area (Å²) in [6.07, 6.45) is 4.89. The summed E-state index contributed by atoms with van der Waals surface area (Å²) in [7, 11) is 0. The van der Waals surface area contributed by atoms with Crippen LogP contribution in [-0.2, 0) is 13.0 Å².